The quantitative estimate of drug-likeness (QED) is 0.482. The van der Waals surface area contributed by atoms with Crippen LogP contribution in [0.5, 0.6) is 5.75 Å². The smallest absolute Gasteiger partial charge is 0.407 e. The van der Waals surface area contributed by atoms with Crippen molar-refractivity contribution in [2.24, 2.45) is 0 Å². The van der Waals surface area contributed by atoms with Gasteiger partial charge in [-0.3, -0.25) is 9.48 Å². The van der Waals surface area contributed by atoms with Crippen LogP contribution in [0.15, 0.2) is 46.9 Å². The van der Waals surface area contributed by atoms with Crippen LogP contribution in [0.3, 0.4) is 0 Å². The number of benzene rings is 2. The first kappa shape index (κ1) is 22.1. The van der Waals surface area contributed by atoms with Gasteiger partial charge < -0.3 is 19.5 Å². The minimum atomic E-state index is -0.919. The van der Waals surface area contributed by atoms with Crippen molar-refractivity contribution < 1.29 is 24.2 Å². The van der Waals surface area contributed by atoms with Crippen LogP contribution in [-0.2, 0) is 22.6 Å². The first-order valence-corrected chi connectivity index (χ1v) is 11.3. The topological polar surface area (TPSA) is 93.9 Å². The van der Waals surface area contributed by atoms with Crippen LogP contribution in [0.4, 0.5) is 4.79 Å². The molecule has 0 bridgehead atoms. The Balaban J connectivity index is 1.63. The lowest BCUT2D eigenvalue weighted by Gasteiger charge is -2.17. The predicted molar refractivity (Wildman–Crippen MR) is 122 cm³/mol. The maximum atomic E-state index is 12.0. The van der Waals surface area contributed by atoms with Crippen LogP contribution in [0.2, 0.25) is 0 Å². The summed E-state index contributed by atoms with van der Waals surface area (Å²) in [6, 6.07) is 13.2. The van der Waals surface area contributed by atoms with Gasteiger partial charge in [-0.1, -0.05) is 34.1 Å². The lowest BCUT2D eigenvalue weighted by atomic mass is 10.1. The van der Waals surface area contributed by atoms with Gasteiger partial charge in [-0.2, -0.15) is 5.10 Å². The maximum Gasteiger partial charge on any atom is 0.407 e. The molecule has 1 aliphatic heterocycles. The summed E-state index contributed by atoms with van der Waals surface area (Å²) < 4.78 is 14.1. The Hall–Kier alpha value is -3.07. The summed E-state index contributed by atoms with van der Waals surface area (Å²) in [7, 11) is 0. The molecule has 168 valence electrons. The molecule has 9 heteroatoms. The van der Waals surface area contributed by atoms with E-state index < -0.39 is 6.09 Å². The second-order valence-electron chi connectivity index (χ2n) is 7.60. The fraction of sp³-hybridized carbons (Fsp3) is 0.348. The number of aromatic nitrogens is 2. The summed E-state index contributed by atoms with van der Waals surface area (Å²) in [5, 5.41) is 15.0. The van der Waals surface area contributed by atoms with Crippen LogP contribution in [0, 0.1) is 0 Å². The summed E-state index contributed by atoms with van der Waals surface area (Å²) in [6.45, 7) is 3.20. The molecule has 0 unspecified atom stereocenters. The predicted octanol–water partition coefficient (Wildman–Crippen LogP) is 4.41. The number of carbonyl (C=O) groups excluding carboxylic acids is 1. The molecular weight excluding hydrogens is 478 g/mol. The van der Waals surface area contributed by atoms with Gasteiger partial charge in [0.25, 0.3) is 0 Å². The van der Waals surface area contributed by atoms with Crippen molar-refractivity contribution in [2.75, 3.05) is 19.7 Å². The molecule has 8 nitrogen and oxygen atoms in total. The fourth-order valence-electron chi connectivity index (χ4n) is 3.99. The van der Waals surface area contributed by atoms with Gasteiger partial charge in [0, 0.05) is 28.5 Å². The van der Waals surface area contributed by atoms with Crippen molar-refractivity contribution in [3.63, 3.8) is 0 Å². The van der Waals surface area contributed by atoms with Crippen molar-refractivity contribution in [2.45, 2.75) is 32.4 Å². The molecule has 1 atom stereocenters. The second kappa shape index (κ2) is 9.60. The van der Waals surface area contributed by atoms with Gasteiger partial charge in [-0.15, -0.1) is 0 Å². The molecule has 1 saturated heterocycles. The number of hydrogen-bond acceptors (Lipinski definition) is 5. The van der Waals surface area contributed by atoms with Gasteiger partial charge in [0.05, 0.1) is 30.3 Å². The molecule has 0 spiro atoms. The van der Waals surface area contributed by atoms with E-state index in [1.165, 1.54) is 4.90 Å². The van der Waals surface area contributed by atoms with E-state index in [1.807, 2.05) is 47.1 Å². The highest BCUT2D eigenvalue weighted by Gasteiger charge is 2.30. The number of rotatable bonds is 7. The summed E-state index contributed by atoms with van der Waals surface area (Å²) >= 11 is 3.52. The van der Waals surface area contributed by atoms with Crippen LogP contribution < -0.4 is 4.74 Å². The third kappa shape index (κ3) is 4.72. The highest BCUT2D eigenvalue weighted by Crippen LogP contribution is 2.30. The standard InChI is InChI=1S/C23H24BrN3O5/c1-2-31-22(28)11-15-5-3-4-6-21(15)32-14-20-18-12-16(24)7-8-19(18)25-27(20)17-9-10-26(13-17)23(29)30/h3-8,12,17H,2,9-11,13-14H2,1H3,(H,29,30)/t17-/m0/s1. The van der Waals surface area contributed by atoms with Crippen LogP contribution >= 0.6 is 15.9 Å². The SMILES string of the molecule is CCOC(=O)Cc1ccccc1OCc1c2cc(Br)ccc2nn1[C@H]1CCN(C(=O)O)C1. The number of fused-ring (bicyclic) bond motifs is 1. The summed E-state index contributed by atoms with van der Waals surface area (Å²) in [4.78, 5) is 24.8. The Morgan fingerprint density at radius 1 is 1.25 bits per heavy atom. The van der Waals surface area contributed by atoms with Crippen molar-refractivity contribution in [3.8, 4) is 5.75 Å². The molecule has 1 fully saturated rings. The number of carbonyl (C=O) groups is 2. The van der Waals surface area contributed by atoms with Crippen molar-refractivity contribution in [1.82, 2.24) is 14.7 Å². The molecule has 1 N–H and O–H groups in total. The van der Waals surface area contributed by atoms with E-state index in [0.29, 0.717) is 31.9 Å². The van der Waals surface area contributed by atoms with Crippen molar-refractivity contribution in [1.29, 1.82) is 0 Å². The van der Waals surface area contributed by atoms with Crippen molar-refractivity contribution >= 4 is 38.9 Å². The monoisotopic (exact) mass is 501 g/mol. The lowest BCUT2D eigenvalue weighted by Crippen LogP contribution is -2.27. The molecule has 2 heterocycles. The minimum Gasteiger partial charge on any atom is -0.487 e. The van der Waals surface area contributed by atoms with Gasteiger partial charge in [-0.05, 0) is 37.6 Å². The largest absolute Gasteiger partial charge is 0.487 e. The molecule has 3 aromatic rings. The van der Waals surface area contributed by atoms with E-state index in [4.69, 9.17) is 14.6 Å². The Morgan fingerprint density at radius 2 is 2.06 bits per heavy atom. The average molecular weight is 502 g/mol. The number of likely N-dealkylation sites (tertiary alicyclic amines) is 1. The molecule has 32 heavy (non-hydrogen) atoms. The Labute approximate surface area is 193 Å². The van der Waals surface area contributed by atoms with Gasteiger partial charge in [-0.25, -0.2) is 4.79 Å². The number of ether oxygens (including phenoxy) is 2. The van der Waals surface area contributed by atoms with E-state index >= 15 is 0 Å². The molecular formula is C23H24BrN3O5. The number of hydrogen-bond donors (Lipinski definition) is 1. The Kier molecular flexibility index (Phi) is 6.64. The second-order valence-corrected chi connectivity index (χ2v) is 8.52. The number of nitrogens with zero attached hydrogens (tertiary/aromatic N) is 3. The average Bonchev–Trinajstić information content (AvgIpc) is 3.38. The van der Waals surface area contributed by atoms with Gasteiger partial charge in [0.15, 0.2) is 0 Å². The van der Waals surface area contributed by atoms with E-state index in [0.717, 1.165) is 26.6 Å². The van der Waals surface area contributed by atoms with Gasteiger partial charge >= 0.3 is 12.1 Å². The number of esters is 1. The molecule has 1 amide bonds. The summed E-state index contributed by atoms with van der Waals surface area (Å²) in [5.41, 5.74) is 2.44. The Morgan fingerprint density at radius 3 is 2.81 bits per heavy atom. The summed E-state index contributed by atoms with van der Waals surface area (Å²) in [5.74, 6) is 0.303. The number of carboxylic acid groups (broad SMARTS) is 1. The van der Waals surface area contributed by atoms with E-state index in [1.54, 1.807) is 6.92 Å². The van der Waals surface area contributed by atoms with Crippen LogP contribution in [0.25, 0.3) is 10.9 Å². The zero-order valence-corrected chi connectivity index (χ0v) is 19.2. The Bertz CT molecular complexity index is 1150. The molecule has 4 rings (SSSR count). The molecule has 0 saturated carbocycles. The molecule has 0 aliphatic carbocycles. The van der Waals surface area contributed by atoms with Gasteiger partial charge in [0.2, 0.25) is 0 Å². The number of halogens is 1. The zero-order chi connectivity index (χ0) is 22.7. The van der Waals surface area contributed by atoms with E-state index in [9.17, 15) is 14.7 Å². The highest BCUT2D eigenvalue weighted by atomic mass is 79.9. The molecule has 1 aromatic heterocycles. The van der Waals surface area contributed by atoms with E-state index in [-0.39, 0.29) is 25.0 Å². The van der Waals surface area contributed by atoms with Crippen LogP contribution in [-0.4, -0.2) is 51.5 Å². The minimum absolute atomic E-state index is 0.0642. The van der Waals surface area contributed by atoms with Crippen LogP contribution in [0.1, 0.15) is 30.6 Å². The first-order chi connectivity index (χ1) is 15.5. The number of amides is 1. The first-order valence-electron chi connectivity index (χ1n) is 10.5. The zero-order valence-electron chi connectivity index (χ0n) is 17.7. The molecule has 1 aliphatic rings. The van der Waals surface area contributed by atoms with Gasteiger partial charge in [0.1, 0.15) is 12.4 Å². The third-order valence-corrected chi connectivity index (χ3v) is 6.01. The maximum absolute atomic E-state index is 12.0. The fourth-order valence-corrected chi connectivity index (χ4v) is 4.35. The van der Waals surface area contributed by atoms with E-state index in [2.05, 4.69) is 15.9 Å². The summed E-state index contributed by atoms with van der Waals surface area (Å²) in [6.07, 6.45) is -0.0997. The highest BCUT2D eigenvalue weighted by molar-refractivity contribution is 9.10. The lowest BCUT2D eigenvalue weighted by molar-refractivity contribution is -0.142. The molecule has 0 radical (unpaired) electrons. The third-order valence-electron chi connectivity index (χ3n) is 5.52. The van der Waals surface area contributed by atoms with Crippen molar-refractivity contribution in [3.05, 3.63) is 58.2 Å². The number of para-hydroxylation sites is 1. The molecule has 2 aromatic carbocycles. The normalized spacial score (nSPS) is 15.8.